The Labute approximate surface area is 160 Å². The minimum absolute atomic E-state index is 0.146. The van der Waals surface area contributed by atoms with E-state index in [1.54, 1.807) is 29.7 Å². The molecule has 0 aliphatic carbocycles. The molecule has 1 atom stereocenters. The van der Waals surface area contributed by atoms with Crippen LogP contribution in [0, 0.1) is 6.92 Å². The lowest BCUT2D eigenvalue weighted by Gasteiger charge is -2.23. The Balaban J connectivity index is 1.48. The highest BCUT2D eigenvalue weighted by atomic mass is 32.2. The van der Waals surface area contributed by atoms with Crippen LogP contribution in [0.3, 0.4) is 0 Å². The summed E-state index contributed by atoms with van der Waals surface area (Å²) in [6.45, 7) is 2.24. The second-order valence-electron chi connectivity index (χ2n) is 6.34. The number of aromatic nitrogens is 2. The smallest absolute Gasteiger partial charge is 0.257 e. The van der Waals surface area contributed by atoms with Gasteiger partial charge in [-0.2, -0.15) is 0 Å². The number of hydrogen-bond acceptors (Lipinski definition) is 6. The van der Waals surface area contributed by atoms with Crippen molar-refractivity contribution in [1.29, 1.82) is 0 Å². The van der Waals surface area contributed by atoms with Crippen molar-refractivity contribution in [3.8, 4) is 0 Å². The number of thioether (sulfide) groups is 1. The molecule has 2 amide bonds. The number of carbonyl (C=O) groups is 2. The number of amides is 2. The summed E-state index contributed by atoms with van der Waals surface area (Å²) in [5, 5.41) is 7.49. The number of rotatable bonds is 4. The van der Waals surface area contributed by atoms with E-state index in [0.29, 0.717) is 40.5 Å². The fraction of sp³-hybridized carbons (Fsp3) is 0.263. The molecule has 8 heteroatoms. The summed E-state index contributed by atoms with van der Waals surface area (Å²) in [6.07, 6.45) is 1.47. The molecular formula is C19H18N4O3S. The van der Waals surface area contributed by atoms with Crippen LogP contribution in [-0.4, -0.2) is 44.5 Å². The summed E-state index contributed by atoms with van der Waals surface area (Å²) in [7, 11) is 0. The van der Waals surface area contributed by atoms with E-state index in [1.165, 1.54) is 6.20 Å². The molecule has 1 saturated heterocycles. The number of benzene rings is 1. The molecule has 0 spiro atoms. The topological polar surface area (TPSA) is 88.3 Å². The maximum Gasteiger partial charge on any atom is 0.257 e. The van der Waals surface area contributed by atoms with Crippen molar-refractivity contribution in [2.24, 2.45) is 0 Å². The zero-order valence-corrected chi connectivity index (χ0v) is 15.5. The minimum Gasteiger partial charge on any atom is -0.350 e. The van der Waals surface area contributed by atoms with E-state index in [-0.39, 0.29) is 11.8 Å². The predicted octanol–water partition coefficient (Wildman–Crippen LogP) is 2.36. The van der Waals surface area contributed by atoms with Crippen molar-refractivity contribution < 1.29 is 14.1 Å². The molecule has 3 aromatic rings. The van der Waals surface area contributed by atoms with Gasteiger partial charge in [-0.3, -0.25) is 9.59 Å². The summed E-state index contributed by atoms with van der Waals surface area (Å²) in [6, 6.07) is 10.9. The van der Waals surface area contributed by atoms with Crippen molar-refractivity contribution in [1.82, 2.24) is 20.4 Å². The predicted molar refractivity (Wildman–Crippen MR) is 102 cm³/mol. The SMILES string of the molecule is Cc1noc2ncc(C(=O)N3CSC[C@H]3C(=O)NCc3ccccc3)cc12. The first-order valence-electron chi connectivity index (χ1n) is 8.56. The van der Waals surface area contributed by atoms with E-state index >= 15 is 0 Å². The molecule has 3 heterocycles. The number of nitrogens with one attached hydrogen (secondary N) is 1. The van der Waals surface area contributed by atoms with Crippen LogP contribution in [0.1, 0.15) is 21.6 Å². The van der Waals surface area contributed by atoms with Gasteiger partial charge in [0.1, 0.15) is 6.04 Å². The van der Waals surface area contributed by atoms with Gasteiger partial charge >= 0.3 is 0 Å². The van der Waals surface area contributed by atoms with Crippen LogP contribution in [-0.2, 0) is 11.3 Å². The fourth-order valence-corrected chi connectivity index (χ4v) is 4.14. The first-order chi connectivity index (χ1) is 13.1. The molecule has 1 aliphatic heterocycles. The Morgan fingerprint density at radius 3 is 2.96 bits per heavy atom. The Bertz CT molecular complexity index is 989. The van der Waals surface area contributed by atoms with Gasteiger partial charge in [0.15, 0.2) is 0 Å². The molecule has 2 aromatic heterocycles. The summed E-state index contributed by atoms with van der Waals surface area (Å²) >= 11 is 1.56. The highest BCUT2D eigenvalue weighted by molar-refractivity contribution is 7.99. The highest BCUT2D eigenvalue weighted by Crippen LogP contribution is 2.25. The zero-order chi connectivity index (χ0) is 18.8. The second kappa shape index (κ2) is 7.40. The van der Waals surface area contributed by atoms with E-state index in [0.717, 1.165) is 5.56 Å². The standard InChI is InChI=1S/C19H18N4O3S/c1-12-15-7-14(9-21-18(15)26-22-12)19(25)23-11-27-10-16(23)17(24)20-8-13-5-3-2-4-6-13/h2-7,9,16H,8,10-11H2,1H3,(H,20,24)/t16-/m0/s1. The molecule has 1 aliphatic rings. The monoisotopic (exact) mass is 382 g/mol. The van der Waals surface area contributed by atoms with E-state index in [1.807, 2.05) is 30.3 Å². The van der Waals surface area contributed by atoms with Crippen molar-refractivity contribution in [3.05, 3.63) is 59.4 Å². The Kier molecular flexibility index (Phi) is 4.81. The maximum absolute atomic E-state index is 13.0. The zero-order valence-electron chi connectivity index (χ0n) is 14.7. The van der Waals surface area contributed by atoms with E-state index < -0.39 is 6.04 Å². The third-order valence-corrected chi connectivity index (χ3v) is 5.52. The largest absolute Gasteiger partial charge is 0.350 e. The molecule has 27 heavy (non-hydrogen) atoms. The van der Waals surface area contributed by atoms with Crippen LogP contribution < -0.4 is 5.32 Å². The number of aryl methyl sites for hydroxylation is 1. The fourth-order valence-electron chi connectivity index (χ4n) is 2.99. The van der Waals surface area contributed by atoms with E-state index in [2.05, 4.69) is 15.5 Å². The third kappa shape index (κ3) is 3.52. The molecule has 0 radical (unpaired) electrons. The number of fused-ring (bicyclic) bond motifs is 1. The molecule has 0 saturated carbocycles. The Morgan fingerprint density at radius 1 is 1.33 bits per heavy atom. The lowest BCUT2D eigenvalue weighted by atomic mass is 10.1. The molecule has 1 N–H and O–H groups in total. The quantitative estimate of drug-likeness (QED) is 0.745. The second-order valence-corrected chi connectivity index (χ2v) is 7.34. The van der Waals surface area contributed by atoms with Crippen LogP contribution in [0.25, 0.3) is 11.1 Å². The van der Waals surface area contributed by atoms with Gasteiger partial charge in [0.25, 0.3) is 11.6 Å². The van der Waals surface area contributed by atoms with Crippen LogP contribution in [0.4, 0.5) is 0 Å². The van der Waals surface area contributed by atoms with Gasteiger partial charge in [-0.1, -0.05) is 35.5 Å². The average Bonchev–Trinajstić information content (AvgIpc) is 3.33. The van der Waals surface area contributed by atoms with Crippen molar-refractivity contribution in [2.75, 3.05) is 11.6 Å². The highest BCUT2D eigenvalue weighted by Gasteiger charge is 2.35. The molecular weight excluding hydrogens is 364 g/mol. The normalized spacial score (nSPS) is 16.6. The molecule has 4 rings (SSSR count). The molecule has 7 nitrogen and oxygen atoms in total. The van der Waals surface area contributed by atoms with Crippen molar-refractivity contribution in [2.45, 2.75) is 19.5 Å². The van der Waals surface area contributed by atoms with Crippen molar-refractivity contribution >= 4 is 34.7 Å². The van der Waals surface area contributed by atoms with Gasteiger partial charge < -0.3 is 14.7 Å². The number of nitrogens with zero attached hydrogens (tertiary/aromatic N) is 3. The van der Waals surface area contributed by atoms with Gasteiger partial charge in [0, 0.05) is 18.5 Å². The lowest BCUT2D eigenvalue weighted by molar-refractivity contribution is -0.124. The molecule has 138 valence electrons. The third-order valence-electron chi connectivity index (χ3n) is 4.51. The van der Waals surface area contributed by atoms with Gasteiger partial charge in [0.05, 0.1) is 22.5 Å². The van der Waals surface area contributed by atoms with E-state index in [9.17, 15) is 9.59 Å². The molecule has 1 fully saturated rings. The Hall–Kier alpha value is -2.87. The first kappa shape index (κ1) is 17.5. The molecule has 1 aromatic carbocycles. The van der Waals surface area contributed by atoms with Crippen molar-refractivity contribution in [3.63, 3.8) is 0 Å². The summed E-state index contributed by atoms with van der Waals surface area (Å²) < 4.78 is 5.09. The molecule has 0 unspecified atom stereocenters. The summed E-state index contributed by atoms with van der Waals surface area (Å²) in [5.41, 5.74) is 2.53. The number of carbonyl (C=O) groups excluding carboxylic acids is 2. The Morgan fingerprint density at radius 2 is 2.15 bits per heavy atom. The lowest BCUT2D eigenvalue weighted by Crippen LogP contribution is -2.47. The van der Waals surface area contributed by atoms with Gasteiger partial charge in [-0.25, -0.2) is 4.98 Å². The van der Waals surface area contributed by atoms with Crippen LogP contribution >= 0.6 is 11.8 Å². The minimum atomic E-state index is -0.495. The summed E-state index contributed by atoms with van der Waals surface area (Å²) in [5.74, 6) is 0.694. The summed E-state index contributed by atoms with van der Waals surface area (Å²) in [4.78, 5) is 31.3. The number of pyridine rings is 1. The maximum atomic E-state index is 13.0. The van der Waals surface area contributed by atoms with Gasteiger partial charge in [-0.05, 0) is 18.6 Å². The van der Waals surface area contributed by atoms with Crippen LogP contribution in [0.2, 0.25) is 0 Å². The van der Waals surface area contributed by atoms with Crippen LogP contribution in [0.15, 0.2) is 47.1 Å². The van der Waals surface area contributed by atoms with E-state index in [4.69, 9.17) is 4.52 Å². The van der Waals surface area contributed by atoms with Gasteiger partial charge in [0.2, 0.25) is 5.91 Å². The molecule has 0 bridgehead atoms. The van der Waals surface area contributed by atoms with Gasteiger partial charge in [-0.15, -0.1) is 11.8 Å². The van der Waals surface area contributed by atoms with Crippen LogP contribution in [0.5, 0.6) is 0 Å². The average molecular weight is 382 g/mol. The number of hydrogen-bond donors (Lipinski definition) is 1. The first-order valence-corrected chi connectivity index (χ1v) is 9.71.